The third-order valence-corrected chi connectivity index (χ3v) is 6.59. The first-order valence-electron chi connectivity index (χ1n) is 11.9. The molecular weight excluding hydrogens is 474 g/mol. The molecule has 7 nitrogen and oxygen atoms in total. The van der Waals surface area contributed by atoms with Crippen molar-refractivity contribution in [1.29, 1.82) is 0 Å². The maximum absolute atomic E-state index is 12.9. The summed E-state index contributed by atoms with van der Waals surface area (Å²) in [4.78, 5) is 17.5. The van der Waals surface area contributed by atoms with Crippen molar-refractivity contribution in [1.82, 2.24) is 14.9 Å². The first-order valence-corrected chi connectivity index (χ1v) is 12.9. The van der Waals surface area contributed by atoms with Gasteiger partial charge in [-0.1, -0.05) is 58.2 Å². The molecule has 0 spiro atoms. The Balaban J connectivity index is 0.00000129. The van der Waals surface area contributed by atoms with E-state index in [0.717, 1.165) is 29.6 Å². The van der Waals surface area contributed by atoms with Crippen molar-refractivity contribution >= 4 is 29.1 Å². The number of aromatic nitrogens is 2. The number of amides is 1. The average Bonchev–Trinajstić information content (AvgIpc) is 3.14. The third-order valence-electron chi connectivity index (χ3n) is 6.24. The van der Waals surface area contributed by atoms with Crippen molar-refractivity contribution in [2.24, 2.45) is 17.8 Å². The summed E-state index contributed by atoms with van der Waals surface area (Å²) in [7, 11) is 1.66. The molecule has 9 heteroatoms. The van der Waals surface area contributed by atoms with Crippen LogP contribution in [0.1, 0.15) is 75.3 Å². The summed E-state index contributed by atoms with van der Waals surface area (Å²) < 4.78 is 24.1. The Kier molecular flexibility index (Phi) is 11.2. The van der Waals surface area contributed by atoms with Gasteiger partial charge in [0, 0.05) is 13.0 Å². The molecule has 1 heterocycles. The molecule has 0 bridgehead atoms. The molecule has 1 aromatic heterocycles. The molecule has 0 radical (unpaired) electrons. The second-order valence-electron chi connectivity index (χ2n) is 9.36. The van der Waals surface area contributed by atoms with Crippen molar-refractivity contribution in [3.05, 3.63) is 40.4 Å². The summed E-state index contributed by atoms with van der Waals surface area (Å²) in [6.45, 7) is 9.39. The van der Waals surface area contributed by atoms with Gasteiger partial charge in [-0.15, -0.1) is 0 Å². The van der Waals surface area contributed by atoms with E-state index in [1.165, 1.54) is 31.2 Å². The molecule has 1 N–H and O–H groups in total. The van der Waals surface area contributed by atoms with E-state index in [1.807, 2.05) is 17.6 Å². The highest BCUT2D eigenvalue weighted by Crippen LogP contribution is 2.32. The fourth-order valence-electron chi connectivity index (χ4n) is 4.43. The van der Waals surface area contributed by atoms with Crippen LogP contribution in [0.4, 0.5) is 0 Å². The minimum absolute atomic E-state index is 0.201. The summed E-state index contributed by atoms with van der Waals surface area (Å²) in [5.74, 6) is 3.17. The maximum atomic E-state index is 12.9. The van der Waals surface area contributed by atoms with Gasteiger partial charge in [0.2, 0.25) is 0 Å². The van der Waals surface area contributed by atoms with Crippen molar-refractivity contribution in [2.75, 3.05) is 13.7 Å². The van der Waals surface area contributed by atoms with Crippen molar-refractivity contribution in [3.8, 4) is 11.4 Å². The fraction of sp³-hybridized carbons (Fsp3) is 0.600. The normalized spacial score (nSPS) is 17.6. The smallest absolute Gasteiger partial charge is 0.335 e. The molecule has 1 fully saturated rings. The number of imidazole rings is 1. The topological polar surface area (TPSA) is 90.3 Å². The molecule has 0 saturated heterocycles. The zero-order valence-corrected chi connectivity index (χ0v) is 22.3. The van der Waals surface area contributed by atoms with Crippen LogP contribution >= 0.6 is 11.6 Å². The number of carbonyl (C=O) groups excluding carboxylic acids is 1. The molecule has 1 amide bonds. The van der Waals surface area contributed by atoms with Crippen LogP contribution in [0, 0.1) is 17.8 Å². The number of carbonyl (C=O) groups is 1. The van der Waals surface area contributed by atoms with Crippen molar-refractivity contribution in [3.63, 3.8) is 0 Å². The highest BCUT2D eigenvalue weighted by atomic mass is 35.5. The molecule has 0 atom stereocenters. The quantitative estimate of drug-likeness (QED) is 0.529. The van der Waals surface area contributed by atoms with E-state index < -0.39 is 11.6 Å². The number of hydrogen-bond donors (Lipinski definition) is 1. The lowest BCUT2D eigenvalue weighted by Crippen LogP contribution is -2.31. The number of ether oxygens (including phenoxy) is 1. The first-order chi connectivity index (χ1) is 16.2. The average molecular weight is 510 g/mol. The van der Waals surface area contributed by atoms with E-state index in [2.05, 4.69) is 43.2 Å². The molecule has 3 rings (SSSR count). The number of methoxy groups -OCH3 is 1. The monoisotopic (exact) mass is 509 g/mol. The van der Waals surface area contributed by atoms with Crippen LogP contribution in [0.25, 0.3) is 5.69 Å². The molecule has 2 aromatic rings. The fourth-order valence-corrected chi connectivity index (χ4v) is 4.75. The Morgan fingerprint density at radius 1 is 1.26 bits per heavy atom. The summed E-state index contributed by atoms with van der Waals surface area (Å²) >= 11 is 5.97. The number of nitrogens with zero attached hydrogens (tertiary/aromatic N) is 2. The molecule has 1 saturated carbocycles. The summed E-state index contributed by atoms with van der Waals surface area (Å²) in [6, 6.07) is 6.15. The van der Waals surface area contributed by atoms with Crippen LogP contribution in [0.3, 0.4) is 0 Å². The summed E-state index contributed by atoms with van der Waals surface area (Å²) in [6.07, 6.45) is 6.45. The molecular formula is C25H36ClN3O4S. The predicted molar refractivity (Wildman–Crippen MR) is 135 cm³/mol. The molecule has 1 aromatic carbocycles. The van der Waals surface area contributed by atoms with Gasteiger partial charge >= 0.3 is 11.6 Å². The Morgan fingerprint density at radius 2 is 1.91 bits per heavy atom. The van der Waals surface area contributed by atoms with E-state index in [-0.39, 0.29) is 11.6 Å². The van der Waals surface area contributed by atoms with E-state index >= 15 is 0 Å². The van der Waals surface area contributed by atoms with Gasteiger partial charge in [0.25, 0.3) is 5.91 Å². The number of hydrogen-bond acceptors (Lipinski definition) is 5. The van der Waals surface area contributed by atoms with Crippen LogP contribution in [0.5, 0.6) is 5.75 Å². The van der Waals surface area contributed by atoms with E-state index in [0.29, 0.717) is 30.0 Å². The van der Waals surface area contributed by atoms with Crippen LogP contribution in [-0.2, 0) is 24.4 Å². The lowest BCUT2D eigenvalue weighted by Gasteiger charge is -2.26. The maximum Gasteiger partial charge on any atom is 0.335 e. The zero-order valence-electron chi connectivity index (χ0n) is 20.7. The standard InChI is InChI=1S/C25H36ClN3O2.O2S/c1-6-22-28-23(25(30)27-15-18-9-7-17(4)8-10-18)24(26)29(22)20-12-11-19(13-16(2)3)14-21(20)31-5;1-3-2/h11-12,14,16-18H,6-10,13,15H2,1-5H3,(H,27,30);. The van der Waals surface area contributed by atoms with Gasteiger partial charge in [0.05, 0.1) is 12.8 Å². The Morgan fingerprint density at radius 3 is 2.47 bits per heavy atom. The molecule has 188 valence electrons. The summed E-state index contributed by atoms with van der Waals surface area (Å²) in [5.41, 5.74) is 2.31. The lowest BCUT2D eigenvalue weighted by atomic mass is 9.83. The van der Waals surface area contributed by atoms with E-state index in [9.17, 15) is 4.79 Å². The minimum Gasteiger partial charge on any atom is -0.495 e. The molecule has 1 aliphatic rings. The molecule has 0 unspecified atom stereocenters. The predicted octanol–water partition coefficient (Wildman–Crippen LogP) is 5.18. The van der Waals surface area contributed by atoms with Gasteiger partial charge in [0.1, 0.15) is 16.7 Å². The van der Waals surface area contributed by atoms with Crippen molar-refractivity contribution < 1.29 is 17.9 Å². The van der Waals surface area contributed by atoms with Crippen LogP contribution < -0.4 is 10.1 Å². The van der Waals surface area contributed by atoms with Crippen LogP contribution in [0.2, 0.25) is 5.15 Å². The van der Waals surface area contributed by atoms with E-state index in [1.54, 1.807) is 7.11 Å². The number of halogens is 1. The van der Waals surface area contributed by atoms with Gasteiger partial charge in [-0.25, -0.2) is 4.98 Å². The molecule has 34 heavy (non-hydrogen) atoms. The van der Waals surface area contributed by atoms with Crippen molar-refractivity contribution in [2.45, 2.75) is 66.2 Å². The largest absolute Gasteiger partial charge is 0.495 e. The Labute approximate surface area is 211 Å². The summed E-state index contributed by atoms with van der Waals surface area (Å²) in [5, 5.41) is 3.40. The third kappa shape index (κ3) is 7.40. The first kappa shape index (κ1) is 28.1. The zero-order chi connectivity index (χ0) is 25.3. The molecule has 1 aliphatic carbocycles. The Bertz CT molecular complexity index is 994. The highest BCUT2D eigenvalue weighted by Gasteiger charge is 2.25. The van der Waals surface area contributed by atoms with Gasteiger partial charge in [-0.3, -0.25) is 9.36 Å². The van der Waals surface area contributed by atoms with Crippen LogP contribution in [-0.4, -0.2) is 37.5 Å². The number of aryl methyl sites for hydroxylation is 1. The molecule has 0 aliphatic heterocycles. The van der Waals surface area contributed by atoms with Crippen LogP contribution in [0.15, 0.2) is 18.2 Å². The second kappa shape index (κ2) is 13.6. The lowest BCUT2D eigenvalue weighted by molar-refractivity contribution is 0.0937. The van der Waals surface area contributed by atoms with Gasteiger partial charge < -0.3 is 10.1 Å². The number of nitrogens with one attached hydrogen (secondary N) is 1. The van der Waals surface area contributed by atoms with Gasteiger partial charge in [-0.05, 0) is 54.7 Å². The minimum atomic E-state index is -0.750. The van der Waals surface area contributed by atoms with Gasteiger partial charge in [-0.2, -0.15) is 8.42 Å². The number of rotatable bonds is 8. The second-order valence-corrected chi connectivity index (χ2v) is 9.86. The number of benzene rings is 1. The SMILES string of the molecule is CCc1nc(C(=O)NCC2CCC(C)CC2)c(Cl)n1-c1ccc(CC(C)C)cc1OC.O=S=O. The van der Waals surface area contributed by atoms with E-state index in [4.69, 9.17) is 24.8 Å². The highest BCUT2D eigenvalue weighted by molar-refractivity contribution is 7.51. The Hall–Kier alpha value is -2.19. The van der Waals surface area contributed by atoms with Gasteiger partial charge in [0.15, 0.2) is 5.69 Å².